The highest BCUT2D eigenvalue weighted by atomic mass is 32.2. The molecular formula is C14H20O2S. The molecule has 94 valence electrons. The summed E-state index contributed by atoms with van der Waals surface area (Å²) in [4.78, 5) is 11.3. The first-order valence-electron chi connectivity index (χ1n) is 5.92. The van der Waals surface area contributed by atoms with Gasteiger partial charge in [0.2, 0.25) is 0 Å². The molecule has 0 radical (unpaired) electrons. The summed E-state index contributed by atoms with van der Waals surface area (Å²) >= 11 is 1.93. The van der Waals surface area contributed by atoms with Crippen molar-refractivity contribution in [3.63, 3.8) is 0 Å². The van der Waals surface area contributed by atoms with Crippen molar-refractivity contribution in [2.45, 2.75) is 37.7 Å². The maximum absolute atomic E-state index is 11.3. The molecule has 1 atom stereocenters. The topological polar surface area (TPSA) is 26.3 Å². The fourth-order valence-corrected chi connectivity index (χ4v) is 2.43. The molecule has 17 heavy (non-hydrogen) atoms. The first-order chi connectivity index (χ1) is 8.17. The molecule has 0 heterocycles. The zero-order valence-electron chi connectivity index (χ0n) is 10.7. The van der Waals surface area contributed by atoms with Crippen molar-refractivity contribution in [1.82, 2.24) is 0 Å². The summed E-state index contributed by atoms with van der Waals surface area (Å²) in [5, 5.41) is 0.654. The zero-order chi connectivity index (χ0) is 12.7. The molecule has 0 bridgehead atoms. The zero-order valence-corrected chi connectivity index (χ0v) is 11.5. The van der Waals surface area contributed by atoms with Gasteiger partial charge in [0.25, 0.3) is 0 Å². The molecule has 1 rings (SSSR count). The lowest BCUT2D eigenvalue weighted by molar-refractivity contribution is -0.139. The lowest BCUT2D eigenvalue weighted by Crippen LogP contribution is -2.07. The second-order valence-corrected chi connectivity index (χ2v) is 5.48. The van der Waals surface area contributed by atoms with Gasteiger partial charge in [0.1, 0.15) is 0 Å². The van der Waals surface area contributed by atoms with Crippen molar-refractivity contribution in [3.8, 4) is 0 Å². The fraction of sp³-hybridized carbons (Fsp3) is 0.500. The second-order valence-electron chi connectivity index (χ2n) is 4.05. The lowest BCUT2D eigenvalue weighted by atomic mass is 10.1. The van der Waals surface area contributed by atoms with E-state index in [1.165, 1.54) is 19.1 Å². The number of thioether (sulfide) groups is 1. The molecule has 1 aromatic rings. The van der Waals surface area contributed by atoms with Gasteiger partial charge in [0, 0.05) is 11.0 Å². The van der Waals surface area contributed by atoms with Gasteiger partial charge in [-0.1, -0.05) is 38.1 Å². The van der Waals surface area contributed by atoms with Crippen LogP contribution in [0.15, 0.2) is 24.3 Å². The third-order valence-electron chi connectivity index (χ3n) is 2.78. The van der Waals surface area contributed by atoms with Gasteiger partial charge in [0.15, 0.2) is 0 Å². The standard InChI is InChI=1S/C14H20O2S/c1-4-11(2)17-10-13-8-6-5-7-12(13)9-14(15)16-3/h5-8,11H,4,9-10H2,1-3H3. The molecule has 0 N–H and O–H groups in total. The molecule has 0 fully saturated rings. The van der Waals surface area contributed by atoms with Crippen molar-refractivity contribution in [1.29, 1.82) is 0 Å². The Hall–Kier alpha value is -0.960. The smallest absolute Gasteiger partial charge is 0.309 e. The molecule has 0 aliphatic heterocycles. The van der Waals surface area contributed by atoms with E-state index in [1.807, 2.05) is 30.0 Å². The van der Waals surface area contributed by atoms with Gasteiger partial charge in [-0.2, -0.15) is 11.8 Å². The first kappa shape index (κ1) is 14.1. The lowest BCUT2D eigenvalue weighted by Gasteiger charge is -2.11. The Bertz CT molecular complexity index is 363. The average Bonchev–Trinajstić information content (AvgIpc) is 2.37. The van der Waals surface area contributed by atoms with Gasteiger partial charge in [0.05, 0.1) is 13.5 Å². The number of methoxy groups -OCH3 is 1. The Morgan fingerprint density at radius 2 is 2.00 bits per heavy atom. The van der Waals surface area contributed by atoms with Crippen LogP contribution in [0.25, 0.3) is 0 Å². The Morgan fingerprint density at radius 3 is 2.59 bits per heavy atom. The van der Waals surface area contributed by atoms with Crippen LogP contribution in [0.5, 0.6) is 0 Å². The third-order valence-corrected chi connectivity index (χ3v) is 4.16. The van der Waals surface area contributed by atoms with E-state index in [0.717, 1.165) is 11.3 Å². The number of benzene rings is 1. The van der Waals surface area contributed by atoms with Gasteiger partial charge in [-0.15, -0.1) is 0 Å². The summed E-state index contributed by atoms with van der Waals surface area (Å²) in [6.07, 6.45) is 1.54. The van der Waals surface area contributed by atoms with E-state index in [2.05, 4.69) is 19.9 Å². The van der Waals surface area contributed by atoms with Gasteiger partial charge in [-0.05, 0) is 17.5 Å². The van der Waals surface area contributed by atoms with E-state index in [-0.39, 0.29) is 5.97 Å². The average molecular weight is 252 g/mol. The second kappa shape index (κ2) is 7.38. The van der Waals surface area contributed by atoms with E-state index in [4.69, 9.17) is 4.74 Å². The summed E-state index contributed by atoms with van der Waals surface area (Å²) in [6, 6.07) is 8.08. The number of hydrogen-bond donors (Lipinski definition) is 0. The monoisotopic (exact) mass is 252 g/mol. The van der Waals surface area contributed by atoms with Gasteiger partial charge < -0.3 is 4.74 Å². The highest BCUT2D eigenvalue weighted by Crippen LogP contribution is 2.22. The van der Waals surface area contributed by atoms with E-state index >= 15 is 0 Å². The van der Waals surface area contributed by atoms with Crippen molar-refractivity contribution < 1.29 is 9.53 Å². The molecule has 0 aliphatic carbocycles. The van der Waals surface area contributed by atoms with Gasteiger partial charge >= 0.3 is 5.97 Å². The highest BCUT2D eigenvalue weighted by molar-refractivity contribution is 7.99. The molecular weight excluding hydrogens is 232 g/mol. The van der Waals surface area contributed by atoms with E-state index in [1.54, 1.807) is 0 Å². The highest BCUT2D eigenvalue weighted by Gasteiger charge is 2.08. The number of rotatable bonds is 6. The van der Waals surface area contributed by atoms with Crippen LogP contribution in [0.2, 0.25) is 0 Å². The SMILES string of the molecule is CCC(C)SCc1ccccc1CC(=O)OC. The van der Waals surface area contributed by atoms with Crippen molar-refractivity contribution in [2.24, 2.45) is 0 Å². The molecule has 0 saturated heterocycles. The van der Waals surface area contributed by atoms with Gasteiger partial charge in [-0.3, -0.25) is 4.79 Å². The Labute approximate surface area is 108 Å². The van der Waals surface area contributed by atoms with Gasteiger partial charge in [-0.25, -0.2) is 0 Å². The molecule has 0 aromatic heterocycles. The summed E-state index contributed by atoms with van der Waals surface area (Å²) in [5.74, 6) is 0.785. The largest absolute Gasteiger partial charge is 0.469 e. The molecule has 2 nitrogen and oxygen atoms in total. The minimum absolute atomic E-state index is 0.175. The maximum Gasteiger partial charge on any atom is 0.309 e. The molecule has 1 aromatic carbocycles. The maximum atomic E-state index is 11.3. The van der Waals surface area contributed by atoms with E-state index < -0.39 is 0 Å². The Balaban J connectivity index is 2.67. The van der Waals surface area contributed by atoms with E-state index in [0.29, 0.717) is 11.7 Å². The summed E-state index contributed by atoms with van der Waals surface area (Å²) < 4.78 is 4.71. The van der Waals surface area contributed by atoms with Crippen LogP contribution in [0, 0.1) is 0 Å². The van der Waals surface area contributed by atoms with Crippen LogP contribution >= 0.6 is 11.8 Å². The molecule has 0 aliphatic rings. The molecule has 0 spiro atoms. The number of ether oxygens (including phenoxy) is 1. The molecule has 1 unspecified atom stereocenters. The normalized spacial score (nSPS) is 12.2. The van der Waals surface area contributed by atoms with Crippen LogP contribution in [-0.2, 0) is 21.7 Å². The predicted molar refractivity (Wildman–Crippen MR) is 73.2 cm³/mol. The number of hydrogen-bond acceptors (Lipinski definition) is 3. The van der Waals surface area contributed by atoms with E-state index in [9.17, 15) is 4.79 Å². The van der Waals surface area contributed by atoms with Crippen molar-refractivity contribution >= 4 is 17.7 Å². The summed E-state index contributed by atoms with van der Waals surface area (Å²) in [6.45, 7) is 4.42. The van der Waals surface area contributed by atoms with Crippen LogP contribution in [0.1, 0.15) is 31.4 Å². The minimum Gasteiger partial charge on any atom is -0.469 e. The summed E-state index contributed by atoms with van der Waals surface area (Å²) in [5.41, 5.74) is 2.32. The minimum atomic E-state index is -0.175. The summed E-state index contributed by atoms with van der Waals surface area (Å²) in [7, 11) is 1.43. The number of carbonyl (C=O) groups is 1. The van der Waals surface area contributed by atoms with Crippen molar-refractivity contribution in [3.05, 3.63) is 35.4 Å². The molecule has 0 saturated carbocycles. The Kier molecular flexibility index (Phi) is 6.12. The van der Waals surface area contributed by atoms with Crippen LogP contribution in [0.4, 0.5) is 0 Å². The Morgan fingerprint density at radius 1 is 1.35 bits per heavy atom. The van der Waals surface area contributed by atoms with Crippen molar-refractivity contribution in [2.75, 3.05) is 7.11 Å². The quantitative estimate of drug-likeness (QED) is 0.726. The van der Waals surface area contributed by atoms with Crippen LogP contribution in [-0.4, -0.2) is 18.3 Å². The first-order valence-corrected chi connectivity index (χ1v) is 6.97. The van der Waals surface area contributed by atoms with Crippen LogP contribution < -0.4 is 0 Å². The van der Waals surface area contributed by atoms with Crippen LogP contribution in [0.3, 0.4) is 0 Å². The fourth-order valence-electron chi connectivity index (χ4n) is 1.45. The predicted octanol–water partition coefficient (Wildman–Crippen LogP) is 3.43. The molecule has 0 amide bonds. The molecule has 3 heteroatoms. The third kappa shape index (κ3) is 4.82. The number of esters is 1. The number of carbonyl (C=O) groups excluding carboxylic acids is 1.